The molecule has 0 unspecified atom stereocenters. The maximum Gasteiger partial charge on any atom is 0.233 e. The van der Waals surface area contributed by atoms with Crippen LogP contribution in [0.25, 0.3) is 0 Å². The first-order chi connectivity index (χ1) is 10.2. The molecular formula is C17H24BrClN2O. The van der Waals surface area contributed by atoms with E-state index < -0.39 is 0 Å². The van der Waals surface area contributed by atoms with Crippen molar-refractivity contribution in [3.05, 3.63) is 34.3 Å². The van der Waals surface area contributed by atoms with Crippen molar-refractivity contribution in [1.82, 2.24) is 10.2 Å². The van der Waals surface area contributed by atoms with Crippen LogP contribution in [0.3, 0.4) is 0 Å². The molecule has 0 bridgehead atoms. The van der Waals surface area contributed by atoms with Gasteiger partial charge in [0.25, 0.3) is 0 Å². The monoisotopic (exact) mass is 386 g/mol. The number of benzene rings is 1. The van der Waals surface area contributed by atoms with Crippen molar-refractivity contribution < 1.29 is 4.79 Å². The number of carbonyl (C=O) groups is 1. The molecule has 2 fully saturated rings. The second-order valence-corrected chi connectivity index (χ2v) is 7.11. The molecule has 1 aliphatic carbocycles. The second-order valence-electron chi connectivity index (χ2n) is 6.19. The predicted molar refractivity (Wildman–Crippen MR) is 95.6 cm³/mol. The average Bonchev–Trinajstić information content (AvgIpc) is 2.84. The topological polar surface area (TPSA) is 32.3 Å². The molecular weight excluding hydrogens is 364 g/mol. The number of nitrogens with zero attached hydrogens (tertiary/aromatic N) is 1. The highest BCUT2D eigenvalue weighted by Crippen LogP contribution is 2.43. The van der Waals surface area contributed by atoms with Gasteiger partial charge in [0, 0.05) is 24.1 Å². The summed E-state index contributed by atoms with van der Waals surface area (Å²) in [5, 5.41) is 3.38. The molecule has 3 rings (SSSR count). The molecule has 0 spiro atoms. The van der Waals surface area contributed by atoms with Gasteiger partial charge in [-0.05, 0) is 43.5 Å². The Hall–Kier alpha value is -0.580. The quantitative estimate of drug-likeness (QED) is 0.842. The number of halogens is 2. The summed E-state index contributed by atoms with van der Waals surface area (Å²) in [6.45, 7) is 3.68. The van der Waals surface area contributed by atoms with E-state index in [0.29, 0.717) is 5.91 Å². The fraction of sp³-hybridized carbons (Fsp3) is 0.588. The molecule has 1 N–H and O–H groups in total. The summed E-state index contributed by atoms with van der Waals surface area (Å²) in [5.74, 6) is 0.353. The van der Waals surface area contributed by atoms with Crippen LogP contribution < -0.4 is 5.32 Å². The standard InChI is InChI=1S/C17H23BrN2O.ClH/c18-15-6-4-14(5-7-15)17(8-1-2-9-17)16(21)20-12-3-10-19-11-13-20;/h4-7,19H,1-3,8-13H2;1H. The Balaban J connectivity index is 0.00000176. The van der Waals surface area contributed by atoms with Crippen molar-refractivity contribution in [3.63, 3.8) is 0 Å². The summed E-state index contributed by atoms with van der Waals surface area (Å²) >= 11 is 3.49. The highest BCUT2D eigenvalue weighted by Gasteiger charge is 2.44. The van der Waals surface area contributed by atoms with Gasteiger partial charge in [-0.2, -0.15) is 0 Å². The molecule has 5 heteroatoms. The Kier molecular flexibility index (Phi) is 6.30. The van der Waals surface area contributed by atoms with Gasteiger partial charge >= 0.3 is 0 Å². The second kappa shape index (κ2) is 7.80. The van der Waals surface area contributed by atoms with Gasteiger partial charge in [-0.1, -0.05) is 40.9 Å². The fourth-order valence-electron chi connectivity index (χ4n) is 3.72. The Morgan fingerprint density at radius 1 is 1.05 bits per heavy atom. The highest BCUT2D eigenvalue weighted by atomic mass is 79.9. The first-order valence-electron chi connectivity index (χ1n) is 7.98. The van der Waals surface area contributed by atoms with Gasteiger partial charge in [0.2, 0.25) is 5.91 Å². The summed E-state index contributed by atoms with van der Waals surface area (Å²) in [7, 11) is 0. The smallest absolute Gasteiger partial charge is 0.233 e. The van der Waals surface area contributed by atoms with Crippen LogP contribution in [-0.4, -0.2) is 37.0 Å². The number of hydrogen-bond acceptors (Lipinski definition) is 2. The van der Waals surface area contributed by atoms with Gasteiger partial charge in [-0.15, -0.1) is 12.4 Å². The molecule has 1 aliphatic heterocycles. The number of carbonyl (C=O) groups excluding carboxylic acids is 1. The molecule has 1 saturated heterocycles. The summed E-state index contributed by atoms with van der Waals surface area (Å²) in [5.41, 5.74) is 0.927. The van der Waals surface area contributed by atoms with Crippen molar-refractivity contribution in [2.24, 2.45) is 0 Å². The van der Waals surface area contributed by atoms with E-state index in [1.54, 1.807) is 0 Å². The maximum atomic E-state index is 13.2. The van der Waals surface area contributed by atoms with E-state index in [-0.39, 0.29) is 17.8 Å². The van der Waals surface area contributed by atoms with E-state index in [9.17, 15) is 4.79 Å². The first-order valence-corrected chi connectivity index (χ1v) is 8.78. The summed E-state index contributed by atoms with van der Waals surface area (Å²) in [4.78, 5) is 15.3. The van der Waals surface area contributed by atoms with Crippen LogP contribution >= 0.6 is 28.3 Å². The normalized spacial score (nSPS) is 21.0. The maximum absolute atomic E-state index is 13.2. The average molecular weight is 388 g/mol. The first kappa shape index (κ1) is 17.8. The van der Waals surface area contributed by atoms with Gasteiger partial charge in [-0.3, -0.25) is 4.79 Å². The predicted octanol–water partition coefficient (Wildman–Crippen LogP) is 3.50. The van der Waals surface area contributed by atoms with Crippen LogP contribution in [0, 0.1) is 0 Å². The third-order valence-electron chi connectivity index (χ3n) is 4.89. The van der Waals surface area contributed by atoms with Crippen molar-refractivity contribution >= 4 is 34.2 Å². The lowest BCUT2D eigenvalue weighted by Gasteiger charge is -2.34. The molecule has 22 heavy (non-hydrogen) atoms. The minimum absolute atomic E-state index is 0. The Bertz CT molecular complexity index is 492. The number of rotatable bonds is 2. The van der Waals surface area contributed by atoms with Crippen LogP contribution in [0.1, 0.15) is 37.7 Å². The lowest BCUT2D eigenvalue weighted by Crippen LogP contribution is -2.46. The lowest BCUT2D eigenvalue weighted by molar-refractivity contribution is -0.137. The largest absolute Gasteiger partial charge is 0.341 e. The zero-order valence-electron chi connectivity index (χ0n) is 12.8. The lowest BCUT2D eigenvalue weighted by atomic mass is 9.77. The third kappa shape index (κ3) is 3.50. The van der Waals surface area contributed by atoms with Crippen molar-refractivity contribution in [2.45, 2.75) is 37.5 Å². The van der Waals surface area contributed by atoms with E-state index >= 15 is 0 Å². The van der Waals surface area contributed by atoms with Gasteiger partial charge < -0.3 is 10.2 Å². The molecule has 1 aromatic carbocycles. The van der Waals surface area contributed by atoms with Crippen LogP contribution in [0.2, 0.25) is 0 Å². The zero-order chi connectivity index (χ0) is 14.7. The number of hydrogen-bond donors (Lipinski definition) is 1. The van der Waals surface area contributed by atoms with E-state index in [0.717, 1.165) is 62.8 Å². The van der Waals surface area contributed by atoms with Gasteiger partial charge in [0.1, 0.15) is 0 Å². The van der Waals surface area contributed by atoms with Gasteiger partial charge in [0.15, 0.2) is 0 Å². The molecule has 2 aliphatic rings. The Morgan fingerprint density at radius 2 is 1.73 bits per heavy atom. The fourth-order valence-corrected chi connectivity index (χ4v) is 3.99. The van der Waals surface area contributed by atoms with Crippen LogP contribution in [-0.2, 0) is 10.2 Å². The Morgan fingerprint density at radius 3 is 2.41 bits per heavy atom. The van der Waals surface area contributed by atoms with E-state index in [2.05, 4.69) is 50.4 Å². The van der Waals surface area contributed by atoms with Crippen LogP contribution in [0.15, 0.2) is 28.7 Å². The van der Waals surface area contributed by atoms with E-state index in [4.69, 9.17) is 0 Å². The highest BCUT2D eigenvalue weighted by molar-refractivity contribution is 9.10. The molecule has 1 heterocycles. The molecule has 1 aromatic rings. The van der Waals surface area contributed by atoms with Gasteiger partial charge in [0.05, 0.1) is 5.41 Å². The Labute approximate surface area is 147 Å². The number of amides is 1. The number of nitrogens with one attached hydrogen (secondary N) is 1. The van der Waals surface area contributed by atoms with Crippen molar-refractivity contribution in [1.29, 1.82) is 0 Å². The summed E-state index contributed by atoms with van der Waals surface area (Å²) in [6.07, 6.45) is 5.37. The molecule has 0 atom stereocenters. The van der Waals surface area contributed by atoms with Crippen LogP contribution in [0.4, 0.5) is 0 Å². The van der Waals surface area contributed by atoms with Crippen molar-refractivity contribution in [3.8, 4) is 0 Å². The van der Waals surface area contributed by atoms with E-state index in [1.807, 2.05) is 0 Å². The molecule has 0 radical (unpaired) electrons. The van der Waals surface area contributed by atoms with Gasteiger partial charge in [-0.25, -0.2) is 0 Å². The third-order valence-corrected chi connectivity index (χ3v) is 5.42. The molecule has 1 saturated carbocycles. The van der Waals surface area contributed by atoms with Crippen molar-refractivity contribution in [2.75, 3.05) is 26.2 Å². The molecule has 122 valence electrons. The zero-order valence-corrected chi connectivity index (χ0v) is 15.2. The molecule has 3 nitrogen and oxygen atoms in total. The summed E-state index contributed by atoms with van der Waals surface area (Å²) in [6, 6.07) is 8.38. The molecule has 1 amide bonds. The minimum atomic E-state index is -0.273. The van der Waals surface area contributed by atoms with E-state index in [1.165, 1.54) is 5.56 Å². The van der Waals surface area contributed by atoms with Crippen LogP contribution in [0.5, 0.6) is 0 Å². The SMILES string of the molecule is Cl.O=C(N1CCCNCC1)C1(c2ccc(Br)cc2)CCCC1. The molecule has 0 aromatic heterocycles. The summed E-state index contributed by atoms with van der Waals surface area (Å²) < 4.78 is 1.07. The minimum Gasteiger partial charge on any atom is -0.341 e.